The molecule has 1 aromatic heterocycles. The van der Waals surface area contributed by atoms with Crippen LogP contribution in [0.1, 0.15) is 26.8 Å². The van der Waals surface area contributed by atoms with E-state index in [1.165, 1.54) is 11.3 Å². The molecular formula is C17H21N3O2S. The molecule has 2 heterocycles. The smallest absolute Gasteiger partial charge is 0.267 e. The molecule has 1 amide bonds. The van der Waals surface area contributed by atoms with Gasteiger partial charge in [-0.25, -0.2) is 4.98 Å². The number of nitrogens with one attached hydrogen (secondary N) is 1. The maximum Gasteiger partial charge on any atom is 0.267 e. The minimum atomic E-state index is -0.0959. The highest BCUT2D eigenvalue weighted by atomic mass is 32.1. The number of hydrogen-bond donors (Lipinski definition) is 1. The molecular weight excluding hydrogens is 310 g/mol. The topological polar surface area (TPSA) is 54.5 Å². The van der Waals surface area contributed by atoms with E-state index < -0.39 is 0 Å². The second kappa shape index (κ2) is 6.68. The van der Waals surface area contributed by atoms with E-state index in [0.29, 0.717) is 11.0 Å². The van der Waals surface area contributed by atoms with Crippen LogP contribution in [0.15, 0.2) is 24.3 Å². The van der Waals surface area contributed by atoms with Gasteiger partial charge in [0.15, 0.2) is 0 Å². The lowest BCUT2D eigenvalue weighted by atomic mass is 10.2. The maximum absolute atomic E-state index is 12.3. The number of benzene rings is 1. The Morgan fingerprint density at radius 2 is 2.09 bits per heavy atom. The highest BCUT2D eigenvalue weighted by Crippen LogP contribution is 2.24. The van der Waals surface area contributed by atoms with Gasteiger partial charge in [0, 0.05) is 31.6 Å². The van der Waals surface area contributed by atoms with Gasteiger partial charge in [-0.2, -0.15) is 0 Å². The molecule has 1 aliphatic rings. The van der Waals surface area contributed by atoms with Crippen molar-refractivity contribution in [1.29, 1.82) is 0 Å². The lowest BCUT2D eigenvalue weighted by Gasteiger charge is -2.18. The van der Waals surface area contributed by atoms with E-state index in [1.807, 2.05) is 38.1 Å². The molecule has 0 aliphatic carbocycles. The number of ether oxygens (including phenoxy) is 1. The number of rotatable bonds is 4. The highest BCUT2D eigenvalue weighted by molar-refractivity contribution is 7.13. The summed E-state index contributed by atoms with van der Waals surface area (Å²) in [6.45, 7) is 5.69. The number of aromatic nitrogens is 1. The molecule has 2 aromatic rings. The van der Waals surface area contributed by atoms with Crippen LogP contribution < -0.4 is 10.2 Å². The number of aryl methyl sites for hydroxylation is 2. The van der Waals surface area contributed by atoms with E-state index in [2.05, 4.69) is 15.2 Å². The minimum Gasteiger partial charge on any atom is -0.380 e. The fourth-order valence-electron chi connectivity index (χ4n) is 2.84. The zero-order valence-electron chi connectivity index (χ0n) is 13.6. The van der Waals surface area contributed by atoms with Crippen LogP contribution in [0.3, 0.4) is 0 Å². The Kier molecular flexibility index (Phi) is 4.63. The summed E-state index contributed by atoms with van der Waals surface area (Å²) in [6.07, 6.45) is 1.37. The lowest BCUT2D eigenvalue weighted by Crippen LogP contribution is -2.22. The van der Waals surface area contributed by atoms with Gasteiger partial charge in [0.1, 0.15) is 4.88 Å². The van der Waals surface area contributed by atoms with Crippen LogP contribution in [0.5, 0.6) is 0 Å². The van der Waals surface area contributed by atoms with E-state index in [4.69, 9.17) is 4.74 Å². The molecule has 0 radical (unpaired) electrons. The summed E-state index contributed by atoms with van der Waals surface area (Å²) in [5.74, 6) is -0.0959. The lowest BCUT2D eigenvalue weighted by molar-refractivity contribution is 0.103. The third kappa shape index (κ3) is 3.54. The first-order valence-electron chi connectivity index (χ1n) is 7.70. The second-order valence-corrected chi connectivity index (χ2v) is 6.94. The van der Waals surface area contributed by atoms with E-state index in [-0.39, 0.29) is 5.91 Å². The molecule has 1 saturated heterocycles. The van der Waals surface area contributed by atoms with Crippen LogP contribution in [0, 0.1) is 13.8 Å². The molecule has 0 spiro atoms. The fourth-order valence-corrected chi connectivity index (χ4v) is 3.66. The molecule has 1 unspecified atom stereocenters. The molecule has 5 nitrogen and oxygen atoms in total. The fraction of sp³-hybridized carbons (Fsp3) is 0.412. The third-order valence-electron chi connectivity index (χ3n) is 4.08. The summed E-state index contributed by atoms with van der Waals surface area (Å²) < 4.78 is 5.40. The van der Waals surface area contributed by atoms with E-state index in [0.717, 1.165) is 41.6 Å². The molecule has 0 saturated carbocycles. The summed E-state index contributed by atoms with van der Waals surface area (Å²) in [4.78, 5) is 19.6. The summed E-state index contributed by atoms with van der Waals surface area (Å²) in [5, 5.41) is 3.85. The SMILES string of the molecule is COC1CCN(c2ccc(NC(=O)c3sc(C)nc3C)cc2)C1. The number of anilines is 2. The van der Waals surface area contributed by atoms with Crippen molar-refractivity contribution >= 4 is 28.6 Å². The van der Waals surface area contributed by atoms with Crippen LogP contribution >= 0.6 is 11.3 Å². The standard InChI is InChI=1S/C17H21N3O2S/c1-11-16(23-12(2)18-11)17(21)19-13-4-6-14(7-5-13)20-9-8-15(10-20)22-3/h4-7,15H,8-10H2,1-3H3,(H,19,21). The molecule has 1 atom stereocenters. The van der Waals surface area contributed by atoms with Crippen LogP contribution in [0.2, 0.25) is 0 Å². The summed E-state index contributed by atoms with van der Waals surface area (Å²) in [7, 11) is 1.76. The summed E-state index contributed by atoms with van der Waals surface area (Å²) in [6, 6.07) is 7.96. The number of carbonyl (C=O) groups excluding carboxylic acids is 1. The number of nitrogens with zero attached hydrogens (tertiary/aromatic N) is 2. The normalized spacial score (nSPS) is 17.5. The zero-order valence-corrected chi connectivity index (χ0v) is 14.4. The maximum atomic E-state index is 12.3. The molecule has 1 aromatic carbocycles. The number of hydrogen-bond acceptors (Lipinski definition) is 5. The van der Waals surface area contributed by atoms with Crippen LogP contribution in [-0.4, -0.2) is 37.2 Å². The quantitative estimate of drug-likeness (QED) is 0.934. The van der Waals surface area contributed by atoms with E-state index in [1.54, 1.807) is 7.11 Å². The number of methoxy groups -OCH3 is 1. The monoisotopic (exact) mass is 331 g/mol. The summed E-state index contributed by atoms with van der Waals surface area (Å²) >= 11 is 1.42. The molecule has 1 fully saturated rings. The van der Waals surface area contributed by atoms with Crippen molar-refractivity contribution in [3.63, 3.8) is 0 Å². The first-order chi connectivity index (χ1) is 11.1. The van der Waals surface area contributed by atoms with Gasteiger partial charge in [0.25, 0.3) is 5.91 Å². The van der Waals surface area contributed by atoms with E-state index >= 15 is 0 Å². The van der Waals surface area contributed by atoms with E-state index in [9.17, 15) is 4.79 Å². The van der Waals surface area contributed by atoms with Gasteiger partial charge in [0.2, 0.25) is 0 Å². The van der Waals surface area contributed by atoms with Crippen LogP contribution in [0.25, 0.3) is 0 Å². The third-order valence-corrected chi connectivity index (χ3v) is 5.15. The molecule has 0 bridgehead atoms. The molecule has 1 aliphatic heterocycles. The van der Waals surface area contributed by atoms with Gasteiger partial charge >= 0.3 is 0 Å². The zero-order chi connectivity index (χ0) is 16.4. The second-order valence-electron chi connectivity index (χ2n) is 5.74. The van der Waals surface area contributed by atoms with Gasteiger partial charge < -0.3 is 15.0 Å². The Bertz CT molecular complexity index is 696. The molecule has 1 N–H and O–H groups in total. The average molecular weight is 331 g/mol. The molecule has 122 valence electrons. The Labute approximate surface area is 140 Å². The number of carbonyl (C=O) groups is 1. The van der Waals surface area contributed by atoms with Crippen molar-refractivity contribution in [2.45, 2.75) is 26.4 Å². The Morgan fingerprint density at radius 3 is 2.65 bits per heavy atom. The van der Waals surface area contributed by atoms with Gasteiger partial charge in [0.05, 0.1) is 16.8 Å². The Hall–Kier alpha value is -1.92. The van der Waals surface area contributed by atoms with Crippen molar-refractivity contribution in [1.82, 2.24) is 4.98 Å². The number of amides is 1. The van der Waals surface area contributed by atoms with Crippen LogP contribution in [0.4, 0.5) is 11.4 Å². The van der Waals surface area contributed by atoms with Crippen LogP contribution in [-0.2, 0) is 4.74 Å². The molecule has 6 heteroatoms. The average Bonchev–Trinajstić information content (AvgIpc) is 3.14. The Morgan fingerprint density at radius 1 is 1.35 bits per heavy atom. The highest BCUT2D eigenvalue weighted by Gasteiger charge is 2.22. The van der Waals surface area contributed by atoms with Crippen molar-refractivity contribution < 1.29 is 9.53 Å². The van der Waals surface area contributed by atoms with Gasteiger partial charge in [-0.1, -0.05) is 0 Å². The first kappa shape index (κ1) is 16.0. The number of thiazole rings is 1. The van der Waals surface area contributed by atoms with Gasteiger partial charge in [-0.05, 0) is 44.5 Å². The van der Waals surface area contributed by atoms with Crippen molar-refractivity contribution in [3.05, 3.63) is 39.8 Å². The molecule has 3 rings (SSSR count). The van der Waals surface area contributed by atoms with Crippen molar-refractivity contribution in [3.8, 4) is 0 Å². The predicted molar refractivity (Wildman–Crippen MR) is 93.6 cm³/mol. The van der Waals surface area contributed by atoms with Crippen molar-refractivity contribution in [2.24, 2.45) is 0 Å². The van der Waals surface area contributed by atoms with Gasteiger partial charge in [-0.3, -0.25) is 4.79 Å². The molecule has 23 heavy (non-hydrogen) atoms. The first-order valence-corrected chi connectivity index (χ1v) is 8.51. The van der Waals surface area contributed by atoms with Gasteiger partial charge in [-0.15, -0.1) is 11.3 Å². The minimum absolute atomic E-state index is 0.0959. The Balaban J connectivity index is 1.66. The largest absolute Gasteiger partial charge is 0.380 e. The predicted octanol–water partition coefficient (Wildman–Crippen LogP) is 3.24. The summed E-state index contributed by atoms with van der Waals surface area (Å²) in [5.41, 5.74) is 2.74. The van der Waals surface area contributed by atoms with Crippen molar-refractivity contribution in [2.75, 3.05) is 30.4 Å².